The van der Waals surface area contributed by atoms with Crippen LogP contribution in [0.15, 0.2) is 77.7 Å². The molecule has 0 saturated heterocycles. The molecule has 1 atom stereocenters. The van der Waals surface area contributed by atoms with E-state index >= 15 is 0 Å². The normalized spacial score (nSPS) is 12.0. The van der Waals surface area contributed by atoms with E-state index in [-0.39, 0.29) is 33.1 Å². The van der Waals surface area contributed by atoms with Crippen molar-refractivity contribution in [2.75, 3.05) is 24.4 Å². The molecule has 0 radical (unpaired) electrons. The van der Waals surface area contributed by atoms with E-state index in [1.54, 1.807) is 19.1 Å². The number of carbonyl (C=O) groups is 2. The topological polar surface area (TPSA) is 86.8 Å². The summed E-state index contributed by atoms with van der Waals surface area (Å²) in [7, 11) is -2.70. The first kappa shape index (κ1) is 28.5. The van der Waals surface area contributed by atoms with Crippen molar-refractivity contribution in [1.29, 1.82) is 0 Å². The molecule has 0 bridgehead atoms. The molecule has 0 heterocycles. The third-order valence-corrected chi connectivity index (χ3v) is 8.15. The molecule has 1 N–H and O–H groups in total. The molecule has 7 nitrogen and oxygen atoms in total. The van der Waals surface area contributed by atoms with Gasteiger partial charge in [-0.25, -0.2) is 8.42 Å². The molecule has 0 saturated carbocycles. The van der Waals surface area contributed by atoms with Gasteiger partial charge in [0.2, 0.25) is 11.8 Å². The Labute approximate surface area is 228 Å². The number of rotatable bonds is 10. The molecule has 3 aromatic carbocycles. The fourth-order valence-electron chi connectivity index (χ4n) is 3.83. The van der Waals surface area contributed by atoms with Crippen LogP contribution in [0.25, 0.3) is 0 Å². The number of amides is 2. The van der Waals surface area contributed by atoms with Crippen LogP contribution in [0.1, 0.15) is 18.1 Å². The predicted octanol–water partition coefficient (Wildman–Crippen LogP) is 4.70. The highest BCUT2D eigenvalue weighted by Crippen LogP contribution is 2.30. The highest BCUT2D eigenvalue weighted by atomic mass is 35.5. The van der Waals surface area contributed by atoms with Crippen LogP contribution >= 0.6 is 23.2 Å². The summed E-state index contributed by atoms with van der Waals surface area (Å²) >= 11 is 12.4. The molecule has 196 valence electrons. The molecule has 2 amide bonds. The van der Waals surface area contributed by atoms with E-state index in [0.29, 0.717) is 6.42 Å². The van der Waals surface area contributed by atoms with Crippen molar-refractivity contribution in [3.8, 4) is 0 Å². The number of sulfonamides is 1. The summed E-state index contributed by atoms with van der Waals surface area (Å²) in [6, 6.07) is 19.4. The number of carbonyl (C=O) groups excluding carboxylic acids is 2. The van der Waals surface area contributed by atoms with Crippen molar-refractivity contribution in [1.82, 2.24) is 10.2 Å². The first-order chi connectivity index (χ1) is 17.5. The number of benzene rings is 3. The van der Waals surface area contributed by atoms with Gasteiger partial charge in [-0.3, -0.25) is 13.9 Å². The second-order valence-electron chi connectivity index (χ2n) is 8.57. The van der Waals surface area contributed by atoms with Crippen LogP contribution in [0.4, 0.5) is 5.69 Å². The maximum Gasteiger partial charge on any atom is 0.264 e. The first-order valence-electron chi connectivity index (χ1n) is 11.6. The Morgan fingerprint density at radius 2 is 1.54 bits per heavy atom. The van der Waals surface area contributed by atoms with E-state index in [9.17, 15) is 18.0 Å². The molecular formula is C27H29Cl2N3O4S. The maximum atomic E-state index is 13.8. The SMILES string of the molecule is CNC(=O)[C@@H](C)N(CCc1ccccc1)C(=O)CN(c1cc(Cl)cc(Cl)c1)S(=O)(=O)c1ccc(C)cc1. The Kier molecular flexibility index (Phi) is 9.59. The van der Waals surface area contributed by atoms with Gasteiger partial charge < -0.3 is 10.2 Å². The summed E-state index contributed by atoms with van der Waals surface area (Å²) in [5.41, 5.74) is 2.01. The van der Waals surface area contributed by atoms with Crippen molar-refractivity contribution in [2.45, 2.75) is 31.2 Å². The molecule has 3 aromatic rings. The number of aryl methyl sites for hydroxylation is 1. The summed E-state index contributed by atoms with van der Waals surface area (Å²) < 4.78 is 28.5. The molecular weight excluding hydrogens is 533 g/mol. The molecule has 10 heteroatoms. The van der Waals surface area contributed by atoms with Gasteiger partial charge in [0.25, 0.3) is 10.0 Å². The standard InChI is InChI=1S/C27H29Cl2N3O4S/c1-19-9-11-25(12-10-19)37(35,36)32(24-16-22(28)15-23(29)17-24)18-26(33)31(20(2)27(34)30-3)14-13-21-7-5-4-6-8-21/h4-12,15-17,20H,13-14,18H2,1-3H3,(H,30,34)/t20-/m1/s1. The third kappa shape index (κ3) is 7.25. The zero-order valence-corrected chi connectivity index (χ0v) is 23.1. The number of halogens is 2. The highest BCUT2D eigenvalue weighted by Gasteiger charge is 2.32. The van der Waals surface area contributed by atoms with E-state index in [0.717, 1.165) is 15.4 Å². The fourth-order valence-corrected chi connectivity index (χ4v) is 5.74. The van der Waals surface area contributed by atoms with Crippen molar-refractivity contribution in [3.05, 3.63) is 94.0 Å². The average Bonchev–Trinajstić information content (AvgIpc) is 2.86. The molecule has 37 heavy (non-hydrogen) atoms. The zero-order valence-electron chi connectivity index (χ0n) is 20.8. The number of hydrogen-bond donors (Lipinski definition) is 1. The van der Waals surface area contributed by atoms with Gasteiger partial charge in [-0.05, 0) is 56.2 Å². The molecule has 0 aliphatic carbocycles. The van der Waals surface area contributed by atoms with Gasteiger partial charge in [-0.15, -0.1) is 0 Å². The van der Waals surface area contributed by atoms with Gasteiger partial charge in [-0.2, -0.15) is 0 Å². The van der Waals surface area contributed by atoms with Crippen LogP contribution in [-0.2, 0) is 26.0 Å². The lowest BCUT2D eigenvalue weighted by molar-refractivity contribution is -0.138. The highest BCUT2D eigenvalue weighted by molar-refractivity contribution is 7.92. The summed E-state index contributed by atoms with van der Waals surface area (Å²) in [5.74, 6) is -0.904. The second kappa shape index (κ2) is 12.4. The Hall–Kier alpha value is -3.07. The fraction of sp³-hybridized carbons (Fsp3) is 0.259. The quantitative estimate of drug-likeness (QED) is 0.388. The van der Waals surface area contributed by atoms with Crippen LogP contribution in [0.3, 0.4) is 0 Å². The number of hydrogen-bond acceptors (Lipinski definition) is 4. The van der Waals surface area contributed by atoms with Crippen LogP contribution in [0.5, 0.6) is 0 Å². The van der Waals surface area contributed by atoms with E-state index in [1.807, 2.05) is 37.3 Å². The van der Waals surface area contributed by atoms with Gasteiger partial charge in [0.1, 0.15) is 12.6 Å². The molecule has 0 aliphatic heterocycles. The van der Waals surface area contributed by atoms with Gasteiger partial charge >= 0.3 is 0 Å². The second-order valence-corrected chi connectivity index (χ2v) is 11.3. The number of nitrogens with one attached hydrogen (secondary N) is 1. The maximum absolute atomic E-state index is 13.8. The molecule has 0 unspecified atom stereocenters. The van der Waals surface area contributed by atoms with Gasteiger partial charge in [0, 0.05) is 23.6 Å². The van der Waals surface area contributed by atoms with E-state index in [1.165, 1.54) is 42.3 Å². The molecule has 0 aliphatic rings. The molecule has 0 aromatic heterocycles. The number of anilines is 1. The smallest absolute Gasteiger partial charge is 0.264 e. The number of nitrogens with zero attached hydrogens (tertiary/aromatic N) is 2. The summed E-state index contributed by atoms with van der Waals surface area (Å²) in [4.78, 5) is 27.6. The minimum atomic E-state index is -4.18. The van der Waals surface area contributed by atoms with Gasteiger partial charge in [-0.1, -0.05) is 71.2 Å². The van der Waals surface area contributed by atoms with Crippen LogP contribution in [-0.4, -0.2) is 51.3 Å². The Morgan fingerprint density at radius 3 is 2.11 bits per heavy atom. The Morgan fingerprint density at radius 1 is 0.946 bits per heavy atom. The summed E-state index contributed by atoms with van der Waals surface area (Å²) in [6.07, 6.45) is 0.488. The Bertz CT molecular complexity index is 1330. The van der Waals surface area contributed by atoms with Crippen molar-refractivity contribution < 1.29 is 18.0 Å². The molecule has 0 fully saturated rings. The van der Waals surface area contributed by atoms with Crippen LogP contribution < -0.4 is 9.62 Å². The van der Waals surface area contributed by atoms with Crippen molar-refractivity contribution in [2.24, 2.45) is 0 Å². The predicted molar refractivity (Wildman–Crippen MR) is 148 cm³/mol. The third-order valence-electron chi connectivity index (χ3n) is 5.92. The van der Waals surface area contributed by atoms with E-state index in [2.05, 4.69) is 5.32 Å². The van der Waals surface area contributed by atoms with E-state index in [4.69, 9.17) is 23.2 Å². The van der Waals surface area contributed by atoms with Crippen LogP contribution in [0, 0.1) is 6.92 Å². The summed E-state index contributed by atoms with van der Waals surface area (Å²) in [5, 5.41) is 3.00. The molecule has 3 rings (SSSR count). The lowest BCUT2D eigenvalue weighted by Crippen LogP contribution is -2.51. The van der Waals surface area contributed by atoms with Crippen LogP contribution in [0.2, 0.25) is 10.0 Å². The lowest BCUT2D eigenvalue weighted by atomic mass is 10.1. The minimum absolute atomic E-state index is 0.0113. The first-order valence-corrected chi connectivity index (χ1v) is 13.8. The van der Waals surface area contributed by atoms with Gasteiger partial charge in [0.05, 0.1) is 10.6 Å². The Balaban J connectivity index is 2.01. The van der Waals surface area contributed by atoms with Crippen molar-refractivity contribution >= 4 is 50.7 Å². The average molecular weight is 563 g/mol. The largest absolute Gasteiger partial charge is 0.357 e. The molecule has 0 spiro atoms. The van der Waals surface area contributed by atoms with Gasteiger partial charge in [0.15, 0.2) is 0 Å². The summed E-state index contributed by atoms with van der Waals surface area (Å²) in [6.45, 7) is 3.12. The van der Waals surface area contributed by atoms with E-state index < -0.39 is 28.5 Å². The zero-order chi connectivity index (χ0) is 27.2. The monoisotopic (exact) mass is 561 g/mol. The minimum Gasteiger partial charge on any atom is -0.357 e. The number of likely N-dealkylation sites (N-methyl/N-ethyl adjacent to an activating group) is 1. The van der Waals surface area contributed by atoms with Crippen molar-refractivity contribution in [3.63, 3.8) is 0 Å². The lowest BCUT2D eigenvalue weighted by Gasteiger charge is -2.32.